The minimum absolute atomic E-state index is 0.284. The zero-order valence-electron chi connectivity index (χ0n) is 14.1. The monoisotopic (exact) mass is 358 g/mol. The van der Waals surface area contributed by atoms with Crippen LogP contribution in [0.15, 0.2) is 50.3 Å². The maximum absolute atomic E-state index is 12.2. The van der Waals surface area contributed by atoms with E-state index in [1.54, 1.807) is 15.9 Å². The number of ether oxygens (including phenoxy) is 1. The molecule has 3 aromatic rings. The van der Waals surface area contributed by atoms with Crippen LogP contribution < -0.4 is 5.76 Å². The summed E-state index contributed by atoms with van der Waals surface area (Å²) in [5.74, 6) is -0.284. The molecule has 0 N–H and O–H groups in total. The lowest BCUT2D eigenvalue weighted by atomic mass is 10.2. The Morgan fingerprint density at radius 3 is 3.00 bits per heavy atom. The minimum atomic E-state index is -0.284. The number of benzene rings is 1. The first kappa shape index (κ1) is 16.6. The molecule has 1 fully saturated rings. The summed E-state index contributed by atoms with van der Waals surface area (Å²) in [6.07, 6.45) is 2.56. The van der Waals surface area contributed by atoms with Gasteiger partial charge in [-0.1, -0.05) is 12.1 Å². The normalized spacial score (nSPS) is 17.7. The molecule has 1 atom stereocenters. The molecular formula is C19H22N2O3S. The van der Waals surface area contributed by atoms with E-state index in [0.717, 1.165) is 44.6 Å². The largest absolute Gasteiger partial charge is 0.419 e. The van der Waals surface area contributed by atoms with Crippen LogP contribution in [-0.2, 0) is 17.8 Å². The first-order chi connectivity index (χ1) is 12.3. The van der Waals surface area contributed by atoms with Crippen molar-refractivity contribution in [3.05, 3.63) is 57.2 Å². The van der Waals surface area contributed by atoms with Crippen LogP contribution in [0.3, 0.4) is 0 Å². The topological polar surface area (TPSA) is 47.6 Å². The third-order valence-corrected chi connectivity index (χ3v) is 5.42. The van der Waals surface area contributed by atoms with Gasteiger partial charge in [0.05, 0.1) is 11.6 Å². The molecule has 3 heterocycles. The van der Waals surface area contributed by atoms with E-state index in [2.05, 4.69) is 21.7 Å². The van der Waals surface area contributed by atoms with Crippen LogP contribution in [0.4, 0.5) is 0 Å². The maximum atomic E-state index is 12.2. The Bertz CT molecular complexity index is 862. The van der Waals surface area contributed by atoms with Crippen LogP contribution in [0.1, 0.15) is 18.4 Å². The summed E-state index contributed by atoms with van der Waals surface area (Å²) < 4.78 is 12.9. The number of thiophene rings is 1. The van der Waals surface area contributed by atoms with Gasteiger partial charge in [-0.25, -0.2) is 4.79 Å². The second-order valence-electron chi connectivity index (χ2n) is 6.49. The Kier molecular flexibility index (Phi) is 5.01. The van der Waals surface area contributed by atoms with Gasteiger partial charge in [0, 0.05) is 32.8 Å². The molecule has 0 bridgehead atoms. The lowest BCUT2D eigenvalue weighted by Crippen LogP contribution is -2.35. The van der Waals surface area contributed by atoms with Gasteiger partial charge in [-0.3, -0.25) is 9.47 Å². The van der Waals surface area contributed by atoms with Crippen molar-refractivity contribution in [2.75, 3.05) is 19.7 Å². The van der Waals surface area contributed by atoms with Crippen LogP contribution in [0, 0.1) is 0 Å². The fourth-order valence-electron chi connectivity index (χ4n) is 3.42. The molecule has 0 saturated carbocycles. The molecule has 1 aliphatic rings. The molecule has 1 aromatic carbocycles. The molecule has 132 valence electrons. The molecule has 0 aliphatic carbocycles. The predicted octanol–water partition coefficient (Wildman–Crippen LogP) is 3.34. The van der Waals surface area contributed by atoms with Crippen LogP contribution in [-0.4, -0.2) is 35.3 Å². The van der Waals surface area contributed by atoms with E-state index in [0.29, 0.717) is 18.2 Å². The van der Waals surface area contributed by atoms with Crippen molar-refractivity contribution in [2.45, 2.75) is 32.0 Å². The molecule has 0 spiro atoms. The van der Waals surface area contributed by atoms with E-state index < -0.39 is 0 Å². The highest BCUT2D eigenvalue weighted by Gasteiger charge is 2.20. The van der Waals surface area contributed by atoms with Crippen molar-refractivity contribution < 1.29 is 9.15 Å². The smallest absolute Gasteiger partial charge is 0.408 e. The first-order valence-corrected chi connectivity index (χ1v) is 9.67. The van der Waals surface area contributed by atoms with Gasteiger partial charge in [0.15, 0.2) is 5.58 Å². The molecule has 4 rings (SSSR count). The zero-order valence-corrected chi connectivity index (χ0v) is 14.9. The van der Waals surface area contributed by atoms with Gasteiger partial charge < -0.3 is 9.15 Å². The van der Waals surface area contributed by atoms with Crippen molar-refractivity contribution in [3.8, 4) is 0 Å². The maximum Gasteiger partial charge on any atom is 0.419 e. The van der Waals surface area contributed by atoms with Crippen molar-refractivity contribution in [2.24, 2.45) is 0 Å². The molecule has 1 aliphatic heterocycles. The Morgan fingerprint density at radius 2 is 2.20 bits per heavy atom. The van der Waals surface area contributed by atoms with E-state index in [9.17, 15) is 4.79 Å². The first-order valence-electron chi connectivity index (χ1n) is 8.73. The highest BCUT2D eigenvalue weighted by Crippen LogP contribution is 2.17. The van der Waals surface area contributed by atoms with Gasteiger partial charge in [-0.2, -0.15) is 11.3 Å². The number of aromatic nitrogens is 1. The van der Waals surface area contributed by atoms with Crippen LogP contribution >= 0.6 is 11.3 Å². The van der Waals surface area contributed by atoms with Gasteiger partial charge >= 0.3 is 5.76 Å². The van der Waals surface area contributed by atoms with Crippen LogP contribution in [0.25, 0.3) is 11.1 Å². The predicted molar refractivity (Wildman–Crippen MR) is 99.0 cm³/mol. The lowest BCUT2D eigenvalue weighted by molar-refractivity contribution is 0.0693. The molecule has 6 heteroatoms. The molecular weight excluding hydrogens is 336 g/mol. The van der Waals surface area contributed by atoms with Crippen molar-refractivity contribution in [3.63, 3.8) is 0 Å². The molecule has 5 nitrogen and oxygen atoms in total. The summed E-state index contributed by atoms with van der Waals surface area (Å²) in [5, 5.41) is 4.29. The van der Waals surface area contributed by atoms with Gasteiger partial charge in [-0.15, -0.1) is 0 Å². The standard InChI is InChI=1S/C19H22N2O3S/c22-19-21(17-5-1-2-6-18(17)24-19)9-8-20(12-15-7-11-25-14-15)13-16-4-3-10-23-16/h1-2,5-7,11,14,16H,3-4,8-10,12-13H2. The Hall–Kier alpha value is -1.89. The number of hydrogen-bond acceptors (Lipinski definition) is 5. The third kappa shape index (κ3) is 3.86. The number of hydrogen-bond donors (Lipinski definition) is 0. The average molecular weight is 358 g/mol. The summed E-state index contributed by atoms with van der Waals surface area (Å²) >= 11 is 1.72. The fourth-order valence-corrected chi connectivity index (χ4v) is 4.08. The SMILES string of the molecule is O=c1oc2ccccc2n1CCN(Cc1ccsc1)CC1CCCO1. The zero-order chi connectivity index (χ0) is 17.1. The minimum Gasteiger partial charge on any atom is -0.408 e. The summed E-state index contributed by atoms with van der Waals surface area (Å²) in [7, 11) is 0. The number of rotatable bonds is 7. The molecule has 25 heavy (non-hydrogen) atoms. The van der Waals surface area contributed by atoms with Crippen LogP contribution in [0.2, 0.25) is 0 Å². The quantitative estimate of drug-likeness (QED) is 0.650. The van der Waals surface area contributed by atoms with Crippen molar-refractivity contribution >= 4 is 22.4 Å². The molecule has 1 saturated heterocycles. The van der Waals surface area contributed by atoms with Gasteiger partial charge in [0.2, 0.25) is 0 Å². The lowest BCUT2D eigenvalue weighted by Gasteiger charge is -2.25. The average Bonchev–Trinajstić information content (AvgIpc) is 3.34. The van der Waals surface area contributed by atoms with E-state index in [1.807, 2.05) is 24.3 Å². The number of oxazole rings is 1. The Morgan fingerprint density at radius 1 is 1.28 bits per heavy atom. The van der Waals surface area contributed by atoms with Crippen molar-refractivity contribution in [1.82, 2.24) is 9.47 Å². The molecule has 1 unspecified atom stereocenters. The van der Waals surface area contributed by atoms with Gasteiger partial charge in [0.25, 0.3) is 0 Å². The molecule has 2 aromatic heterocycles. The number of fused-ring (bicyclic) bond motifs is 1. The summed E-state index contributed by atoms with van der Waals surface area (Å²) in [4.78, 5) is 14.5. The van der Waals surface area contributed by atoms with E-state index >= 15 is 0 Å². The highest BCUT2D eigenvalue weighted by molar-refractivity contribution is 7.07. The molecule has 0 amide bonds. The van der Waals surface area contributed by atoms with E-state index in [-0.39, 0.29) is 5.76 Å². The van der Waals surface area contributed by atoms with E-state index in [4.69, 9.17) is 9.15 Å². The highest BCUT2D eigenvalue weighted by atomic mass is 32.1. The number of para-hydroxylation sites is 2. The van der Waals surface area contributed by atoms with Gasteiger partial charge in [-0.05, 0) is 47.4 Å². The Labute approximate surface area is 150 Å². The number of nitrogens with zero attached hydrogens (tertiary/aromatic N) is 2. The Balaban J connectivity index is 1.49. The second kappa shape index (κ2) is 7.56. The van der Waals surface area contributed by atoms with Gasteiger partial charge in [0.1, 0.15) is 0 Å². The summed E-state index contributed by atoms with van der Waals surface area (Å²) in [5.41, 5.74) is 2.82. The fraction of sp³-hybridized carbons (Fsp3) is 0.421. The summed E-state index contributed by atoms with van der Waals surface area (Å²) in [6.45, 7) is 4.06. The molecule has 0 radical (unpaired) electrons. The third-order valence-electron chi connectivity index (χ3n) is 4.69. The van der Waals surface area contributed by atoms with Crippen LogP contribution in [0.5, 0.6) is 0 Å². The van der Waals surface area contributed by atoms with E-state index in [1.165, 1.54) is 5.56 Å². The second-order valence-corrected chi connectivity index (χ2v) is 7.27. The summed E-state index contributed by atoms with van der Waals surface area (Å²) in [6, 6.07) is 9.75. The van der Waals surface area contributed by atoms with Crippen molar-refractivity contribution in [1.29, 1.82) is 0 Å².